The van der Waals surface area contributed by atoms with Crippen molar-refractivity contribution in [1.82, 2.24) is 14.9 Å². The van der Waals surface area contributed by atoms with Gasteiger partial charge in [0.05, 0.1) is 19.3 Å². The van der Waals surface area contributed by atoms with Crippen molar-refractivity contribution < 1.29 is 19.0 Å². The molecule has 0 bridgehead atoms. The van der Waals surface area contributed by atoms with E-state index in [9.17, 15) is 14.3 Å². The number of benzene rings is 1. The van der Waals surface area contributed by atoms with E-state index in [1.165, 1.54) is 13.2 Å². The molecule has 1 heterocycles. The zero-order valence-corrected chi connectivity index (χ0v) is 15.0. The van der Waals surface area contributed by atoms with Crippen LogP contribution in [0, 0.1) is 18.7 Å². The average molecular weight is 361 g/mol. The van der Waals surface area contributed by atoms with Crippen LogP contribution in [0.1, 0.15) is 36.7 Å². The van der Waals surface area contributed by atoms with Crippen molar-refractivity contribution in [2.24, 2.45) is 5.92 Å². The molecule has 7 heteroatoms. The van der Waals surface area contributed by atoms with Gasteiger partial charge in [-0.25, -0.2) is 9.37 Å². The van der Waals surface area contributed by atoms with E-state index in [4.69, 9.17) is 4.74 Å². The van der Waals surface area contributed by atoms with Crippen LogP contribution in [-0.4, -0.2) is 33.8 Å². The Morgan fingerprint density at radius 3 is 2.85 bits per heavy atom. The molecule has 2 aromatic rings. The van der Waals surface area contributed by atoms with Crippen molar-refractivity contribution in [3.8, 4) is 5.75 Å². The van der Waals surface area contributed by atoms with E-state index < -0.39 is 5.82 Å². The van der Waals surface area contributed by atoms with E-state index in [0.29, 0.717) is 31.4 Å². The van der Waals surface area contributed by atoms with Crippen molar-refractivity contribution in [2.45, 2.75) is 44.9 Å². The molecule has 1 fully saturated rings. The quantitative estimate of drug-likeness (QED) is 0.794. The maximum Gasteiger partial charge on any atom is 0.222 e. The number of aryl methyl sites for hydroxylation is 2. The third-order valence-corrected chi connectivity index (χ3v) is 4.98. The highest BCUT2D eigenvalue weighted by Crippen LogP contribution is 2.39. The smallest absolute Gasteiger partial charge is 0.222 e. The number of halogens is 1. The van der Waals surface area contributed by atoms with Crippen molar-refractivity contribution in [2.75, 3.05) is 7.11 Å². The summed E-state index contributed by atoms with van der Waals surface area (Å²) >= 11 is 0. The summed E-state index contributed by atoms with van der Waals surface area (Å²) in [6.07, 6.45) is 4.68. The van der Waals surface area contributed by atoms with Gasteiger partial charge < -0.3 is 19.7 Å². The Labute approximate surface area is 152 Å². The minimum absolute atomic E-state index is 0.0942. The first-order chi connectivity index (χ1) is 12.5. The summed E-state index contributed by atoms with van der Waals surface area (Å²) in [6.45, 7) is 2.42. The van der Waals surface area contributed by atoms with Crippen LogP contribution in [0.5, 0.6) is 5.75 Å². The summed E-state index contributed by atoms with van der Waals surface area (Å²) < 4.78 is 21.0. The SMILES string of the molecule is COc1ccc(C(NC(=O)CCn2ccnc2C)C2CC(O)C2)cc1F. The molecule has 0 saturated heterocycles. The highest BCUT2D eigenvalue weighted by Gasteiger charge is 2.35. The predicted molar refractivity (Wildman–Crippen MR) is 94.1 cm³/mol. The minimum atomic E-state index is -0.460. The molecule has 6 nitrogen and oxygen atoms in total. The largest absolute Gasteiger partial charge is 0.494 e. The van der Waals surface area contributed by atoms with E-state index in [2.05, 4.69) is 10.3 Å². The van der Waals surface area contributed by atoms with Crippen molar-refractivity contribution >= 4 is 5.91 Å². The summed E-state index contributed by atoms with van der Waals surface area (Å²) in [6, 6.07) is 4.40. The Balaban J connectivity index is 1.69. The molecule has 1 atom stereocenters. The van der Waals surface area contributed by atoms with Gasteiger partial charge >= 0.3 is 0 Å². The molecule has 1 aliphatic carbocycles. The number of aliphatic hydroxyl groups excluding tert-OH is 1. The first-order valence-electron chi connectivity index (χ1n) is 8.76. The Kier molecular flexibility index (Phi) is 5.56. The fraction of sp³-hybridized carbons (Fsp3) is 0.474. The molecule has 1 aromatic carbocycles. The van der Waals surface area contributed by atoms with E-state index in [-0.39, 0.29) is 29.7 Å². The molecule has 2 N–H and O–H groups in total. The Morgan fingerprint density at radius 1 is 1.50 bits per heavy atom. The molecule has 1 saturated carbocycles. The molecule has 140 valence electrons. The van der Waals surface area contributed by atoms with Crippen LogP contribution in [0.25, 0.3) is 0 Å². The third-order valence-electron chi connectivity index (χ3n) is 4.98. The van der Waals surface area contributed by atoms with Gasteiger partial charge in [-0.05, 0) is 43.4 Å². The minimum Gasteiger partial charge on any atom is -0.494 e. The van der Waals surface area contributed by atoms with Crippen molar-refractivity contribution in [1.29, 1.82) is 0 Å². The summed E-state index contributed by atoms with van der Waals surface area (Å²) in [4.78, 5) is 16.6. The third kappa shape index (κ3) is 4.04. The number of rotatable bonds is 7. The number of hydrogen-bond donors (Lipinski definition) is 2. The second-order valence-corrected chi connectivity index (χ2v) is 6.74. The normalized spacial score (nSPS) is 20.3. The highest BCUT2D eigenvalue weighted by molar-refractivity contribution is 5.76. The van der Waals surface area contributed by atoms with Gasteiger partial charge in [-0.15, -0.1) is 0 Å². The average Bonchev–Trinajstić information content (AvgIpc) is 3.00. The number of imidazole rings is 1. The number of amides is 1. The van der Waals surface area contributed by atoms with Gasteiger partial charge in [0.25, 0.3) is 0 Å². The number of carbonyl (C=O) groups is 1. The Morgan fingerprint density at radius 2 is 2.27 bits per heavy atom. The van der Waals surface area contributed by atoms with Gasteiger partial charge in [0.2, 0.25) is 5.91 Å². The van der Waals surface area contributed by atoms with Gasteiger partial charge in [-0.2, -0.15) is 0 Å². The van der Waals surface area contributed by atoms with Crippen LogP contribution >= 0.6 is 0 Å². The molecular weight excluding hydrogens is 337 g/mol. The first-order valence-corrected chi connectivity index (χ1v) is 8.76. The molecule has 3 rings (SSSR count). The lowest BCUT2D eigenvalue weighted by molar-refractivity contribution is -0.123. The molecule has 0 radical (unpaired) electrons. The van der Waals surface area contributed by atoms with Crippen LogP contribution in [0.4, 0.5) is 4.39 Å². The van der Waals surface area contributed by atoms with Crippen molar-refractivity contribution in [3.63, 3.8) is 0 Å². The fourth-order valence-electron chi connectivity index (χ4n) is 3.36. The van der Waals surface area contributed by atoms with Crippen LogP contribution in [-0.2, 0) is 11.3 Å². The second-order valence-electron chi connectivity index (χ2n) is 6.74. The van der Waals surface area contributed by atoms with E-state index in [0.717, 1.165) is 5.82 Å². The highest BCUT2D eigenvalue weighted by atomic mass is 19.1. The molecule has 1 amide bonds. The lowest BCUT2D eigenvalue weighted by Crippen LogP contribution is -2.41. The summed E-state index contributed by atoms with van der Waals surface area (Å²) in [5.74, 6) is 0.548. The standard InChI is InChI=1S/C19H24FN3O3/c1-12-21-6-8-23(12)7-5-18(25)22-19(14-9-15(24)10-14)13-3-4-17(26-2)16(20)11-13/h3-4,6,8,11,14-15,19,24H,5,7,9-10H2,1-2H3,(H,22,25). The molecule has 0 spiro atoms. The van der Waals surface area contributed by atoms with Crippen LogP contribution in [0.3, 0.4) is 0 Å². The zero-order chi connectivity index (χ0) is 18.7. The number of carbonyl (C=O) groups excluding carboxylic acids is 1. The fourth-order valence-corrected chi connectivity index (χ4v) is 3.36. The lowest BCUT2D eigenvalue weighted by atomic mass is 9.75. The maximum atomic E-state index is 14.1. The van der Waals surface area contributed by atoms with E-state index >= 15 is 0 Å². The number of ether oxygens (including phenoxy) is 1. The molecular formula is C19H24FN3O3. The van der Waals surface area contributed by atoms with E-state index in [1.807, 2.05) is 17.7 Å². The molecule has 1 unspecified atom stereocenters. The number of nitrogens with one attached hydrogen (secondary N) is 1. The van der Waals surface area contributed by atoms with Gasteiger partial charge in [0, 0.05) is 25.4 Å². The molecule has 0 aliphatic heterocycles. The summed E-state index contributed by atoms with van der Waals surface area (Å²) in [7, 11) is 1.41. The van der Waals surface area contributed by atoms with Crippen LogP contribution < -0.4 is 10.1 Å². The molecule has 26 heavy (non-hydrogen) atoms. The van der Waals surface area contributed by atoms with E-state index in [1.54, 1.807) is 18.3 Å². The van der Waals surface area contributed by atoms with Crippen LogP contribution in [0.2, 0.25) is 0 Å². The summed E-state index contributed by atoms with van der Waals surface area (Å²) in [5, 5.41) is 12.6. The molecule has 1 aromatic heterocycles. The number of methoxy groups -OCH3 is 1. The summed E-state index contributed by atoms with van der Waals surface area (Å²) in [5.41, 5.74) is 0.687. The first kappa shape index (κ1) is 18.4. The van der Waals surface area contributed by atoms with Gasteiger partial charge in [0.1, 0.15) is 5.82 Å². The van der Waals surface area contributed by atoms with Gasteiger partial charge in [-0.1, -0.05) is 6.07 Å². The number of aliphatic hydroxyl groups is 1. The lowest BCUT2D eigenvalue weighted by Gasteiger charge is -2.38. The predicted octanol–water partition coefficient (Wildman–Crippen LogP) is 2.36. The monoisotopic (exact) mass is 361 g/mol. The maximum absolute atomic E-state index is 14.1. The Bertz CT molecular complexity index is 771. The number of nitrogens with zero attached hydrogens (tertiary/aromatic N) is 2. The second kappa shape index (κ2) is 7.86. The van der Waals surface area contributed by atoms with Gasteiger partial charge in [0.15, 0.2) is 11.6 Å². The molecule has 1 aliphatic rings. The number of hydrogen-bond acceptors (Lipinski definition) is 4. The van der Waals surface area contributed by atoms with Crippen LogP contribution in [0.15, 0.2) is 30.6 Å². The number of aromatic nitrogens is 2. The van der Waals surface area contributed by atoms with Crippen molar-refractivity contribution in [3.05, 3.63) is 47.8 Å². The topological polar surface area (TPSA) is 76.4 Å². The van der Waals surface area contributed by atoms with Gasteiger partial charge in [-0.3, -0.25) is 4.79 Å². The Hall–Kier alpha value is -2.41. The zero-order valence-electron chi connectivity index (χ0n) is 15.0.